The van der Waals surface area contributed by atoms with Crippen molar-refractivity contribution in [1.82, 2.24) is 15.6 Å². The predicted molar refractivity (Wildman–Crippen MR) is 40.9 cm³/mol. The number of H-pyrrole nitrogens is 1. The molecule has 0 bridgehead atoms. The van der Waals surface area contributed by atoms with Gasteiger partial charge in [0, 0.05) is 0 Å². The Kier molecular flexibility index (Phi) is 2.06. The Labute approximate surface area is 66.7 Å². The highest BCUT2D eigenvalue weighted by atomic mass is 16.2. The van der Waals surface area contributed by atoms with Crippen molar-refractivity contribution >= 4 is 11.6 Å². The summed E-state index contributed by atoms with van der Waals surface area (Å²) >= 11 is 0. The molecule has 7 heteroatoms. The predicted octanol–water partition coefficient (Wildman–Crippen LogP) is -2.04. The maximum atomic E-state index is 10.8. The number of aromatic nitrogens is 2. The highest BCUT2D eigenvalue weighted by Crippen LogP contribution is 1.94. The number of hydrogen-bond donors (Lipinski definition) is 4. The summed E-state index contributed by atoms with van der Waals surface area (Å²) in [5, 5.41) is 5.44. The zero-order valence-electron chi connectivity index (χ0n) is 6.00. The SMILES string of the molecule is NNC(=O)c1cc(N)c(=O)[nH]n1. The largest absolute Gasteiger partial charge is 0.394 e. The van der Waals surface area contributed by atoms with Gasteiger partial charge in [-0.15, -0.1) is 0 Å². The molecule has 64 valence electrons. The Bertz CT molecular complexity index is 357. The fraction of sp³-hybridized carbons (Fsp3) is 0. The molecule has 0 aromatic carbocycles. The molecule has 1 heterocycles. The van der Waals surface area contributed by atoms with Crippen LogP contribution in [0, 0.1) is 0 Å². The van der Waals surface area contributed by atoms with Gasteiger partial charge in [0.05, 0.1) is 0 Å². The number of nitrogen functional groups attached to an aromatic ring is 2. The van der Waals surface area contributed by atoms with Crippen LogP contribution in [-0.2, 0) is 0 Å². The van der Waals surface area contributed by atoms with Crippen molar-refractivity contribution in [2.75, 3.05) is 5.73 Å². The molecule has 0 unspecified atom stereocenters. The molecule has 0 radical (unpaired) electrons. The number of hydrogen-bond acceptors (Lipinski definition) is 5. The molecule has 12 heavy (non-hydrogen) atoms. The first-order valence-corrected chi connectivity index (χ1v) is 3.01. The lowest BCUT2D eigenvalue weighted by molar-refractivity contribution is 0.0947. The summed E-state index contributed by atoms with van der Waals surface area (Å²) in [7, 11) is 0. The number of aromatic amines is 1. The molecular weight excluding hydrogens is 162 g/mol. The zero-order valence-corrected chi connectivity index (χ0v) is 6.00. The van der Waals surface area contributed by atoms with Gasteiger partial charge in [0.1, 0.15) is 5.69 Å². The molecule has 0 saturated carbocycles. The summed E-state index contributed by atoms with van der Waals surface area (Å²) in [6.45, 7) is 0. The monoisotopic (exact) mass is 169 g/mol. The van der Waals surface area contributed by atoms with Gasteiger partial charge in [0.15, 0.2) is 5.69 Å². The van der Waals surface area contributed by atoms with E-state index in [9.17, 15) is 9.59 Å². The van der Waals surface area contributed by atoms with Gasteiger partial charge >= 0.3 is 0 Å². The second-order valence-corrected chi connectivity index (χ2v) is 2.01. The van der Waals surface area contributed by atoms with Crippen LogP contribution in [0.15, 0.2) is 10.9 Å². The quantitative estimate of drug-likeness (QED) is 0.219. The van der Waals surface area contributed by atoms with Gasteiger partial charge in [-0.05, 0) is 6.07 Å². The number of carbonyl (C=O) groups excluding carboxylic acids is 1. The molecule has 0 atom stereocenters. The van der Waals surface area contributed by atoms with Crippen molar-refractivity contribution in [2.45, 2.75) is 0 Å². The van der Waals surface area contributed by atoms with E-state index in [0.29, 0.717) is 0 Å². The van der Waals surface area contributed by atoms with Crippen LogP contribution in [0.1, 0.15) is 10.5 Å². The average Bonchev–Trinajstić information content (AvgIpc) is 2.08. The van der Waals surface area contributed by atoms with Crippen LogP contribution in [0.2, 0.25) is 0 Å². The van der Waals surface area contributed by atoms with Crippen molar-refractivity contribution in [3.05, 3.63) is 22.1 Å². The van der Waals surface area contributed by atoms with E-state index >= 15 is 0 Å². The number of hydrazine groups is 1. The van der Waals surface area contributed by atoms with Crippen LogP contribution in [0.5, 0.6) is 0 Å². The van der Waals surface area contributed by atoms with Gasteiger partial charge < -0.3 is 5.73 Å². The van der Waals surface area contributed by atoms with E-state index in [1.54, 1.807) is 0 Å². The molecule has 1 amide bonds. The number of amides is 1. The van der Waals surface area contributed by atoms with E-state index in [-0.39, 0.29) is 11.4 Å². The number of carbonyl (C=O) groups is 1. The molecule has 1 aromatic heterocycles. The van der Waals surface area contributed by atoms with Crippen LogP contribution in [0.25, 0.3) is 0 Å². The van der Waals surface area contributed by atoms with Crippen LogP contribution in [0.4, 0.5) is 5.69 Å². The lowest BCUT2D eigenvalue weighted by Crippen LogP contribution is -2.32. The van der Waals surface area contributed by atoms with Gasteiger partial charge in [0.2, 0.25) is 0 Å². The molecule has 0 spiro atoms. The first-order valence-electron chi connectivity index (χ1n) is 3.01. The minimum atomic E-state index is -0.613. The second-order valence-electron chi connectivity index (χ2n) is 2.01. The Morgan fingerprint density at radius 2 is 2.33 bits per heavy atom. The smallest absolute Gasteiger partial charge is 0.287 e. The second kappa shape index (κ2) is 3.01. The third kappa shape index (κ3) is 1.40. The first-order chi connectivity index (χ1) is 5.65. The molecule has 6 N–H and O–H groups in total. The zero-order chi connectivity index (χ0) is 9.14. The Hall–Kier alpha value is -1.89. The summed E-state index contributed by atoms with van der Waals surface area (Å²) < 4.78 is 0. The standard InChI is InChI=1S/C5H7N5O2/c6-2-1-3(5(12)8-7)9-10-4(2)11/h1H,7H2,(H2,6,9)(H,8,12)(H,10,11). The van der Waals surface area contributed by atoms with Crippen molar-refractivity contribution in [3.63, 3.8) is 0 Å². The maximum Gasteiger partial charge on any atom is 0.287 e. The van der Waals surface area contributed by atoms with Gasteiger partial charge in [-0.1, -0.05) is 0 Å². The topological polar surface area (TPSA) is 127 Å². The summed E-state index contributed by atoms with van der Waals surface area (Å²) in [5.74, 6) is 4.21. The maximum absolute atomic E-state index is 10.8. The Balaban J connectivity index is 3.13. The summed E-state index contributed by atoms with van der Waals surface area (Å²) in [6, 6.07) is 1.14. The van der Waals surface area contributed by atoms with Crippen molar-refractivity contribution in [1.29, 1.82) is 0 Å². The van der Waals surface area contributed by atoms with E-state index in [1.807, 2.05) is 10.5 Å². The van der Waals surface area contributed by atoms with Gasteiger partial charge in [0.25, 0.3) is 11.5 Å². The summed E-state index contributed by atoms with van der Waals surface area (Å²) in [4.78, 5) is 21.5. The minimum absolute atomic E-state index is 0.0328. The minimum Gasteiger partial charge on any atom is -0.394 e. The molecule has 0 saturated heterocycles. The average molecular weight is 169 g/mol. The van der Waals surface area contributed by atoms with E-state index in [1.165, 1.54) is 0 Å². The van der Waals surface area contributed by atoms with Gasteiger partial charge in [-0.3, -0.25) is 15.0 Å². The van der Waals surface area contributed by atoms with Crippen LogP contribution >= 0.6 is 0 Å². The molecular formula is C5H7N5O2. The molecule has 0 aliphatic carbocycles. The number of nitrogens with zero attached hydrogens (tertiary/aromatic N) is 1. The van der Waals surface area contributed by atoms with E-state index in [0.717, 1.165) is 6.07 Å². The van der Waals surface area contributed by atoms with E-state index in [2.05, 4.69) is 5.10 Å². The van der Waals surface area contributed by atoms with E-state index < -0.39 is 11.5 Å². The van der Waals surface area contributed by atoms with Gasteiger partial charge in [-0.25, -0.2) is 10.9 Å². The normalized spacial score (nSPS) is 9.42. The molecule has 0 aliphatic heterocycles. The lowest BCUT2D eigenvalue weighted by Gasteiger charge is -1.97. The Morgan fingerprint density at radius 1 is 1.67 bits per heavy atom. The molecule has 0 fully saturated rings. The molecule has 0 aliphatic rings. The van der Waals surface area contributed by atoms with Crippen LogP contribution in [-0.4, -0.2) is 16.1 Å². The van der Waals surface area contributed by atoms with Crippen molar-refractivity contribution in [2.24, 2.45) is 5.84 Å². The Morgan fingerprint density at radius 3 is 2.83 bits per heavy atom. The molecule has 7 nitrogen and oxygen atoms in total. The fourth-order valence-electron chi connectivity index (χ4n) is 0.611. The van der Waals surface area contributed by atoms with Crippen LogP contribution < -0.4 is 22.6 Å². The number of anilines is 1. The van der Waals surface area contributed by atoms with Crippen LogP contribution in [0.3, 0.4) is 0 Å². The third-order valence-corrected chi connectivity index (χ3v) is 1.20. The number of nitrogens with two attached hydrogens (primary N) is 2. The molecule has 1 rings (SSSR count). The third-order valence-electron chi connectivity index (χ3n) is 1.20. The molecule has 1 aromatic rings. The first kappa shape index (κ1) is 8.21. The summed E-state index contributed by atoms with van der Waals surface area (Å²) in [6.07, 6.45) is 0. The van der Waals surface area contributed by atoms with Crippen molar-refractivity contribution < 1.29 is 4.79 Å². The lowest BCUT2D eigenvalue weighted by atomic mass is 10.3. The van der Waals surface area contributed by atoms with Crippen molar-refractivity contribution in [3.8, 4) is 0 Å². The van der Waals surface area contributed by atoms with Gasteiger partial charge in [-0.2, -0.15) is 5.10 Å². The fourth-order valence-corrected chi connectivity index (χ4v) is 0.611. The van der Waals surface area contributed by atoms with E-state index in [4.69, 9.17) is 11.6 Å². The number of rotatable bonds is 1. The number of nitrogens with one attached hydrogen (secondary N) is 2. The highest BCUT2D eigenvalue weighted by Gasteiger charge is 2.06. The summed E-state index contributed by atoms with van der Waals surface area (Å²) in [5.41, 5.74) is 6.41. The highest BCUT2D eigenvalue weighted by molar-refractivity contribution is 5.92.